The van der Waals surface area contributed by atoms with Gasteiger partial charge in [0.15, 0.2) is 0 Å². The molecule has 2 aliphatic rings. The van der Waals surface area contributed by atoms with E-state index in [9.17, 15) is 0 Å². The molecular formula is C34H28O. The fourth-order valence-corrected chi connectivity index (χ4v) is 6.40. The number of hydrogen-bond donors (Lipinski definition) is 0. The molecule has 0 spiro atoms. The monoisotopic (exact) mass is 452 g/mol. The molecule has 0 radical (unpaired) electrons. The molecule has 5 aromatic carbocycles. The zero-order valence-electron chi connectivity index (χ0n) is 20.6. The molecule has 0 bridgehead atoms. The van der Waals surface area contributed by atoms with E-state index >= 15 is 0 Å². The van der Waals surface area contributed by atoms with Crippen molar-refractivity contribution in [3.63, 3.8) is 0 Å². The first-order chi connectivity index (χ1) is 16.9. The first-order valence-electron chi connectivity index (χ1n) is 12.4. The first-order valence-corrected chi connectivity index (χ1v) is 12.4. The molecule has 1 aliphatic carbocycles. The number of para-hydroxylation sites is 1. The summed E-state index contributed by atoms with van der Waals surface area (Å²) in [5.41, 5.74) is 10.4. The molecule has 1 heteroatoms. The van der Waals surface area contributed by atoms with Crippen molar-refractivity contribution in [1.29, 1.82) is 0 Å². The molecule has 1 aliphatic heterocycles. The minimum absolute atomic E-state index is 0.0585. The van der Waals surface area contributed by atoms with Crippen LogP contribution in [0.3, 0.4) is 0 Å². The van der Waals surface area contributed by atoms with Gasteiger partial charge in [0.25, 0.3) is 0 Å². The number of rotatable bonds is 1. The third-order valence-electron chi connectivity index (χ3n) is 8.30. The Morgan fingerprint density at radius 1 is 0.514 bits per heavy atom. The maximum atomic E-state index is 6.29. The van der Waals surface area contributed by atoms with Crippen LogP contribution in [0.15, 0.2) is 97.1 Å². The molecule has 1 nitrogen and oxygen atoms in total. The van der Waals surface area contributed by atoms with Gasteiger partial charge in [0.05, 0.1) is 0 Å². The van der Waals surface area contributed by atoms with E-state index < -0.39 is 0 Å². The van der Waals surface area contributed by atoms with Crippen molar-refractivity contribution in [2.24, 2.45) is 0 Å². The number of ether oxygens (including phenoxy) is 1. The third kappa shape index (κ3) is 2.76. The van der Waals surface area contributed by atoms with Crippen LogP contribution in [0, 0.1) is 0 Å². The Kier molecular flexibility index (Phi) is 4.02. The first kappa shape index (κ1) is 20.5. The van der Waals surface area contributed by atoms with E-state index in [1.54, 1.807) is 0 Å². The van der Waals surface area contributed by atoms with Gasteiger partial charge >= 0.3 is 0 Å². The smallest absolute Gasteiger partial charge is 0.131 e. The Morgan fingerprint density at radius 2 is 1.17 bits per heavy atom. The second kappa shape index (κ2) is 6.86. The van der Waals surface area contributed by atoms with Crippen LogP contribution in [0.2, 0.25) is 0 Å². The van der Waals surface area contributed by atoms with Crippen molar-refractivity contribution >= 4 is 10.8 Å². The molecule has 0 aromatic heterocycles. The normalized spacial score (nSPS) is 16.1. The minimum atomic E-state index is -0.120. The van der Waals surface area contributed by atoms with Gasteiger partial charge in [-0.05, 0) is 68.4 Å². The van der Waals surface area contributed by atoms with E-state index in [4.69, 9.17) is 4.74 Å². The van der Waals surface area contributed by atoms with Crippen LogP contribution in [0.5, 0.6) is 11.5 Å². The second-order valence-electron chi connectivity index (χ2n) is 11.0. The highest BCUT2D eigenvalue weighted by molar-refractivity contribution is 5.98. The Labute approximate surface area is 207 Å². The summed E-state index contributed by atoms with van der Waals surface area (Å²) < 4.78 is 6.29. The number of benzene rings is 5. The lowest BCUT2D eigenvalue weighted by Gasteiger charge is -2.34. The van der Waals surface area contributed by atoms with E-state index in [0.717, 1.165) is 11.5 Å². The Hall–Kier alpha value is -3.84. The fraction of sp³-hybridized carbons (Fsp3) is 0.176. The van der Waals surface area contributed by atoms with Crippen molar-refractivity contribution in [3.05, 3.63) is 119 Å². The molecule has 0 N–H and O–H groups in total. The van der Waals surface area contributed by atoms with Gasteiger partial charge in [-0.3, -0.25) is 0 Å². The van der Waals surface area contributed by atoms with Crippen LogP contribution in [0.25, 0.3) is 33.0 Å². The van der Waals surface area contributed by atoms with Gasteiger partial charge in [-0.2, -0.15) is 0 Å². The summed E-state index contributed by atoms with van der Waals surface area (Å²) in [4.78, 5) is 0. The average molecular weight is 453 g/mol. The summed E-state index contributed by atoms with van der Waals surface area (Å²) in [6, 6.07) is 35.4. The molecule has 0 atom stereocenters. The molecule has 5 aromatic rings. The van der Waals surface area contributed by atoms with Gasteiger partial charge in [-0.1, -0.05) is 100 Å². The maximum Gasteiger partial charge on any atom is 0.131 e. The molecular weight excluding hydrogens is 424 g/mol. The largest absolute Gasteiger partial charge is 0.457 e. The Bertz CT molecular complexity index is 1670. The van der Waals surface area contributed by atoms with Crippen molar-refractivity contribution in [3.8, 4) is 33.8 Å². The molecule has 0 unspecified atom stereocenters. The van der Waals surface area contributed by atoms with Crippen molar-refractivity contribution in [2.45, 2.75) is 38.5 Å². The summed E-state index contributed by atoms with van der Waals surface area (Å²) in [6.45, 7) is 9.33. The third-order valence-corrected chi connectivity index (χ3v) is 8.30. The van der Waals surface area contributed by atoms with Gasteiger partial charge in [-0.15, -0.1) is 0 Å². The molecule has 0 saturated carbocycles. The molecule has 1 heterocycles. The summed E-state index contributed by atoms with van der Waals surface area (Å²) in [5, 5.41) is 2.67. The van der Waals surface area contributed by atoms with Crippen LogP contribution < -0.4 is 4.74 Å². The molecule has 35 heavy (non-hydrogen) atoms. The predicted molar refractivity (Wildman–Crippen MR) is 146 cm³/mol. The van der Waals surface area contributed by atoms with Gasteiger partial charge in [0.2, 0.25) is 0 Å². The zero-order valence-corrected chi connectivity index (χ0v) is 20.6. The SMILES string of the molecule is CC1(C)c2ccccc2Oc2ccc(-c3ccc4c(c3)C(C)(C)c3c-4ccc4ccccc34)cc21. The van der Waals surface area contributed by atoms with Crippen LogP contribution >= 0.6 is 0 Å². The van der Waals surface area contributed by atoms with Crippen molar-refractivity contribution in [1.82, 2.24) is 0 Å². The van der Waals surface area contributed by atoms with E-state index in [0.29, 0.717) is 0 Å². The zero-order chi connectivity index (χ0) is 23.9. The second-order valence-corrected chi connectivity index (χ2v) is 11.0. The van der Waals surface area contributed by atoms with E-state index in [-0.39, 0.29) is 10.8 Å². The summed E-state index contributed by atoms with van der Waals surface area (Å²) >= 11 is 0. The number of fused-ring (bicyclic) bond motifs is 7. The predicted octanol–water partition coefficient (Wildman–Crippen LogP) is 9.24. The molecule has 7 rings (SSSR count). The quantitative estimate of drug-likeness (QED) is 0.246. The molecule has 170 valence electrons. The lowest BCUT2D eigenvalue weighted by atomic mass is 9.75. The highest BCUT2D eigenvalue weighted by atomic mass is 16.5. The van der Waals surface area contributed by atoms with Gasteiger partial charge in [0, 0.05) is 22.0 Å². The molecule has 0 saturated heterocycles. The summed E-state index contributed by atoms with van der Waals surface area (Å²) in [7, 11) is 0. The maximum absolute atomic E-state index is 6.29. The van der Waals surface area contributed by atoms with Crippen molar-refractivity contribution < 1.29 is 4.74 Å². The van der Waals surface area contributed by atoms with Crippen LogP contribution in [0.4, 0.5) is 0 Å². The van der Waals surface area contributed by atoms with Crippen LogP contribution in [0.1, 0.15) is 49.9 Å². The van der Waals surface area contributed by atoms with E-state index in [1.807, 2.05) is 6.07 Å². The minimum Gasteiger partial charge on any atom is -0.457 e. The summed E-state index contributed by atoms with van der Waals surface area (Å²) in [6.07, 6.45) is 0. The van der Waals surface area contributed by atoms with E-state index in [2.05, 4.69) is 119 Å². The lowest BCUT2D eigenvalue weighted by Crippen LogP contribution is -2.24. The van der Waals surface area contributed by atoms with E-state index in [1.165, 1.54) is 55.3 Å². The van der Waals surface area contributed by atoms with Gasteiger partial charge < -0.3 is 4.74 Å². The van der Waals surface area contributed by atoms with Crippen molar-refractivity contribution in [2.75, 3.05) is 0 Å². The number of hydrogen-bond acceptors (Lipinski definition) is 1. The molecule has 0 amide bonds. The Balaban J connectivity index is 1.37. The van der Waals surface area contributed by atoms with Crippen LogP contribution in [-0.2, 0) is 10.8 Å². The lowest BCUT2D eigenvalue weighted by molar-refractivity contribution is 0.418. The van der Waals surface area contributed by atoms with Crippen LogP contribution in [-0.4, -0.2) is 0 Å². The summed E-state index contributed by atoms with van der Waals surface area (Å²) in [5.74, 6) is 1.92. The highest BCUT2D eigenvalue weighted by Crippen LogP contribution is 2.53. The van der Waals surface area contributed by atoms with Gasteiger partial charge in [0.1, 0.15) is 11.5 Å². The highest BCUT2D eigenvalue weighted by Gasteiger charge is 2.37. The Morgan fingerprint density at radius 3 is 2.03 bits per heavy atom. The standard InChI is InChI=1S/C34H28O/c1-33(2)27-11-7-8-12-30(27)35-31-18-15-23(20-29(31)33)22-14-16-25-26-17-13-21-9-5-6-10-24(21)32(26)34(3,4)28(25)19-22/h5-20H,1-4H3. The molecule has 0 fully saturated rings. The van der Waals surface area contributed by atoms with Gasteiger partial charge in [-0.25, -0.2) is 0 Å². The average Bonchev–Trinajstić information content (AvgIpc) is 3.10. The topological polar surface area (TPSA) is 9.23 Å². The fourth-order valence-electron chi connectivity index (χ4n) is 6.40.